The summed E-state index contributed by atoms with van der Waals surface area (Å²) in [4.78, 5) is 0. The second-order valence-electron chi connectivity index (χ2n) is 7.08. The van der Waals surface area contributed by atoms with Crippen LogP contribution in [0.4, 0.5) is 0 Å². The van der Waals surface area contributed by atoms with E-state index in [-0.39, 0.29) is 5.41 Å². The van der Waals surface area contributed by atoms with E-state index in [1.807, 2.05) is 13.8 Å². The summed E-state index contributed by atoms with van der Waals surface area (Å²) in [6.45, 7) is 12.1. The molecule has 0 saturated carbocycles. The first-order chi connectivity index (χ1) is 11.5. The minimum Gasteiger partial charge on any atom is -0.493 e. The van der Waals surface area contributed by atoms with Gasteiger partial charge in [-0.3, -0.25) is 0 Å². The molecule has 0 aromatic heterocycles. The van der Waals surface area contributed by atoms with E-state index in [9.17, 15) is 0 Å². The predicted octanol–water partition coefficient (Wildman–Crippen LogP) is 6.09. The molecular formula is C22H26O2. The van der Waals surface area contributed by atoms with E-state index in [4.69, 9.17) is 9.47 Å². The topological polar surface area (TPSA) is 18.5 Å². The summed E-state index contributed by atoms with van der Waals surface area (Å²) in [6, 6.07) is 15.0. The van der Waals surface area contributed by atoms with Crippen LogP contribution < -0.4 is 9.47 Å². The summed E-state index contributed by atoms with van der Waals surface area (Å²) in [7, 11) is 0. The van der Waals surface area contributed by atoms with Gasteiger partial charge in [0, 0.05) is 21.5 Å². The van der Waals surface area contributed by atoms with Gasteiger partial charge in [-0.1, -0.05) is 57.2 Å². The van der Waals surface area contributed by atoms with Crippen molar-refractivity contribution in [2.24, 2.45) is 0 Å². The molecule has 0 aliphatic carbocycles. The monoisotopic (exact) mass is 322 g/mol. The van der Waals surface area contributed by atoms with Gasteiger partial charge < -0.3 is 9.47 Å². The van der Waals surface area contributed by atoms with E-state index in [1.165, 1.54) is 5.56 Å². The minimum atomic E-state index is 0.0924. The molecule has 3 aromatic carbocycles. The second-order valence-corrected chi connectivity index (χ2v) is 7.08. The largest absolute Gasteiger partial charge is 0.493 e. The van der Waals surface area contributed by atoms with Gasteiger partial charge in [0.15, 0.2) is 0 Å². The Morgan fingerprint density at radius 2 is 1.21 bits per heavy atom. The number of fused-ring (bicyclic) bond motifs is 2. The molecule has 0 heterocycles. The highest BCUT2D eigenvalue weighted by Crippen LogP contribution is 2.44. The molecule has 0 bridgehead atoms. The standard InChI is InChI=1S/C22H26O2/c1-6-23-20-16-10-8-9-11-17(16)21(24-7-2)19-14-15(22(3,4)5)12-13-18(19)20/h8-14H,6-7H2,1-5H3. The Hall–Kier alpha value is -2.22. The smallest absolute Gasteiger partial charge is 0.135 e. The van der Waals surface area contributed by atoms with E-state index < -0.39 is 0 Å². The van der Waals surface area contributed by atoms with Gasteiger partial charge in [0.2, 0.25) is 0 Å². The van der Waals surface area contributed by atoms with Gasteiger partial charge in [-0.2, -0.15) is 0 Å². The number of hydrogen-bond acceptors (Lipinski definition) is 2. The Morgan fingerprint density at radius 1 is 0.708 bits per heavy atom. The molecule has 3 rings (SSSR count). The van der Waals surface area contributed by atoms with Crippen molar-refractivity contribution in [3.05, 3.63) is 48.0 Å². The third kappa shape index (κ3) is 2.82. The maximum atomic E-state index is 6.08. The number of benzene rings is 3. The maximum absolute atomic E-state index is 6.08. The molecule has 3 aromatic rings. The quantitative estimate of drug-likeness (QED) is 0.541. The third-order valence-electron chi connectivity index (χ3n) is 4.37. The van der Waals surface area contributed by atoms with Crippen LogP contribution in [0.3, 0.4) is 0 Å². The molecule has 0 amide bonds. The summed E-state index contributed by atoms with van der Waals surface area (Å²) < 4.78 is 12.1. The highest BCUT2D eigenvalue weighted by Gasteiger charge is 2.19. The summed E-state index contributed by atoms with van der Waals surface area (Å²) in [5.41, 5.74) is 1.39. The molecule has 126 valence electrons. The van der Waals surface area contributed by atoms with Crippen molar-refractivity contribution in [1.82, 2.24) is 0 Å². The van der Waals surface area contributed by atoms with Crippen molar-refractivity contribution in [2.45, 2.75) is 40.0 Å². The van der Waals surface area contributed by atoms with Crippen LogP contribution in [0.25, 0.3) is 21.5 Å². The Kier molecular flexibility index (Phi) is 4.40. The first kappa shape index (κ1) is 16.6. The van der Waals surface area contributed by atoms with Crippen LogP contribution in [-0.2, 0) is 5.41 Å². The Morgan fingerprint density at radius 3 is 1.71 bits per heavy atom. The van der Waals surface area contributed by atoms with Crippen LogP contribution in [0.5, 0.6) is 11.5 Å². The fraction of sp³-hybridized carbons (Fsp3) is 0.364. The van der Waals surface area contributed by atoms with Crippen LogP contribution in [0.1, 0.15) is 40.2 Å². The van der Waals surface area contributed by atoms with Gasteiger partial charge in [-0.25, -0.2) is 0 Å². The van der Waals surface area contributed by atoms with Crippen molar-refractivity contribution in [2.75, 3.05) is 13.2 Å². The molecule has 0 aliphatic rings. The van der Waals surface area contributed by atoms with E-state index in [1.54, 1.807) is 0 Å². The predicted molar refractivity (Wildman–Crippen MR) is 102 cm³/mol. The number of rotatable bonds is 4. The lowest BCUT2D eigenvalue weighted by Crippen LogP contribution is -2.11. The molecule has 0 aliphatic heterocycles. The maximum Gasteiger partial charge on any atom is 0.135 e. The zero-order valence-electron chi connectivity index (χ0n) is 15.3. The van der Waals surface area contributed by atoms with Crippen molar-refractivity contribution in [3.63, 3.8) is 0 Å². The van der Waals surface area contributed by atoms with Crippen LogP contribution >= 0.6 is 0 Å². The zero-order chi connectivity index (χ0) is 17.3. The lowest BCUT2D eigenvalue weighted by atomic mass is 9.85. The SMILES string of the molecule is CCOc1c2ccccc2c(OCC)c2cc(C(C)(C)C)ccc12. The molecule has 0 saturated heterocycles. The van der Waals surface area contributed by atoms with E-state index >= 15 is 0 Å². The fourth-order valence-corrected chi connectivity index (χ4v) is 3.17. The third-order valence-corrected chi connectivity index (χ3v) is 4.37. The van der Waals surface area contributed by atoms with Crippen LogP contribution in [0.15, 0.2) is 42.5 Å². The Balaban J connectivity index is 2.45. The van der Waals surface area contributed by atoms with E-state index in [2.05, 4.69) is 63.2 Å². The van der Waals surface area contributed by atoms with Crippen molar-refractivity contribution in [1.29, 1.82) is 0 Å². The molecule has 2 nitrogen and oxygen atoms in total. The molecule has 0 atom stereocenters. The Labute approximate surface area is 144 Å². The molecule has 24 heavy (non-hydrogen) atoms. The molecule has 0 radical (unpaired) electrons. The van der Waals surface area contributed by atoms with Crippen molar-refractivity contribution in [3.8, 4) is 11.5 Å². The fourth-order valence-electron chi connectivity index (χ4n) is 3.17. The summed E-state index contributed by atoms with van der Waals surface area (Å²) in [5, 5.41) is 4.47. The summed E-state index contributed by atoms with van der Waals surface area (Å²) in [5.74, 6) is 1.91. The van der Waals surface area contributed by atoms with Crippen molar-refractivity contribution < 1.29 is 9.47 Å². The highest BCUT2D eigenvalue weighted by molar-refractivity contribution is 6.11. The molecule has 0 N–H and O–H groups in total. The molecule has 0 unspecified atom stereocenters. The normalized spacial score (nSPS) is 11.9. The number of ether oxygens (including phenoxy) is 2. The Bertz CT molecular complexity index is 872. The first-order valence-electron chi connectivity index (χ1n) is 8.72. The molecule has 0 spiro atoms. The lowest BCUT2D eigenvalue weighted by Gasteiger charge is -2.22. The van der Waals surface area contributed by atoms with Gasteiger partial charge in [0.25, 0.3) is 0 Å². The van der Waals surface area contributed by atoms with Gasteiger partial charge in [0.05, 0.1) is 13.2 Å². The van der Waals surface area contributed by atoms with Crippen LogP contribution in [0, 0.1) is 0 Å². The van der Waals surface area contributed by atoms with Crippen LogP contribution in [0.2, 0.25) is 0 Å². The summed E-state index contributed by atoms with van der Waals surface area (Å²) >= 11 is 0. The van der Waals surface area contributed by atoms with Gasteiger partial charge >= 0.3 is 0 Å². The zero-order valence-corrected chi connectivity index (χ0v) is 15.3. The molecule has 2 heteroatoms. The van der Waals surface area contributed by atoms with Gasteiger partial charge in [-0.15, -0.1) is 0 Å². The molecule has 0 fully saturated rings. The number of hydrogen-bond donors (Lipinski definition) is 0. The minimum absolute atomic E-state index is 0.0924. The van der Waals surface area contributed by atoms with E-state index in [0.29, 0.717) is 13.2 Å². The van der Waals surface area contributed by atoms with Gasteiger partial charge in [0.1, 0.15) is 11.5 Å². The highest BCUT2D eigenvalue weighted by atomic mass is 16.5. The van der Waals surface area contributed by atoms with Crippen molar-refractivity contribution >= 4 is 21.5 Å². The first-order valence-corrected chi connectivity index (χ1v) is 8.72. The summed E-state index contributed by atoms with van der Waals surface area (Å²) in [6.07, 6.45) is 0. The lowest BCUT2D eigenvalue weighted by molar-refractivity contribution is 0.342. The average Bonchev–Trinajstić information content (AvgIpc) is 2.56. The molecular weight excluding hydrogens is 296 g/mol. The van der Waals surface area contributed by atoms with E-state index in [0.717, 1.165) is 33.0 Å². The second kappa shape index (κ2) is 6.35. The van der Waals surface area contributed by atoms with Gasteiger partial charge in [-0.05, 0) is 30.9 Å². The average molecular weight is 322 g/mol. The van der Waals surface area contributed by atoms with Crippen LogP contribution in [-0.4, -0.2) is 13.2 Å².